The lowest BCUT2D eigenvalue weighted by Crippen LogP contribution is -2.68. The molecule has 0 aromatic heterocycles. The van der Waals surface area contributed by atoms with Crippen LogP contribution in [0.4, 0.5) is 13.6 Å². The fraction of sp³-hybridized carbons (Fsp3) is 0.517. The Labute approximate surface area is 238 Å². The van der Waals surface area contributed by atoms with Crippen molar-refractivity contribution in [3.05, 3.63) is 58.1 Å². The number of halogens is 3. The van der Waals surface area contributed by atoms with Gasteiger partial charge in [-0.1, -0.05) is 48.9 Å². The van der Waals surface area contributed by atoms with E-state index in [0.29, 0.717) is 48.3 Å². The van der Waals surface area contributed by atoms with E-state index < -0.39 is 42.3 Å². The molecule has 8 nitrogen and oxygen atoms in total. The molecule has 0 spiro atoms. The molecule has 220 valence electrons. The van der Waals surface area contributed by atoms with Crippen LogP contribution in [0.2, 0.25) is 5.02 Å². The lowest BCUT2D eigenvalue weighted by molar-refractivity contribution is -0.175. The summed E-state index contributed by atoms with van der Waals surface area (Å²) in [6.45, 7) is 8.52. The number of carboxylic acid groups (broad SMARTS) is 1. The van der Waals surface area contributed by atoms with Crippen molar-refractivity contribution in [2.75, 3.05) is 26.4 Å². The molecule has 0 aliphatic heterocycles. The van der Waals surface area contributed by atoms with Crippen molar-refractivity contribution in [2.45, 2.75) is 71.1 Å². The highest BCUT2D eigenvalue weighted by Crippen LogP contribution is 2.46. The van der Waals surface area contributed by atoms with E-state index in [2.05, 4.69) is 5.32 Å². The van der Waals surface area contributed by atoms with Crippen LogP contribution in [0, 0.1) is 0 Å². The lowest BCUT2D eigenvalue weighted by atomic mass is 9.73. The van der Waals surface area contributed by atoms with Crippen molar-refractivity contribution in [1.29, 1.82) is 0 Å². The number of hydrogen-bond donors (Lipinski definition) is 2. The van der Waals surface area contributed by atoms with Crippen molar-refractivity contribution >= 4 is 23.6 Å². The van der Waals surface area contributed by atoms with Gasteiger partial charge in [0.05, 0.1) is 37.5 Å². The van der Waals surface area contributed by atoms with Crippen molar-refractivity contribution in [3.63, 3.8) is 0 Å². The first-order valence-corrected chi connectivity index (χ1v) is 13.8. The van der Waals surface area contributed by atoms with Gasteiger partial charge in [-0.15, -0.1) is 0 Å². The van der Waals surface area contributed by atoms with E-state index in [1.54, 1.807) is 13.0 Å². The Balaban J connectivity index is 1.93. The SMILES string of the molecule is CCOc1cc([C@@H](C)N(CCOCc2ccccc2)C(=O)NC2(C(=O)O)CC(F)(F)C2)c(Cl)c(OCC)c1CC. The molecule has 1 atom stereocenters. The van der Waals surface area contributed by atoms with Gasteiger partial charge in [0.25, 0.3) is 5.92 Å². The lowest BCUT2D eigenvalue weighted by Gasteiger charge is -2.45. The number of nitrogens with one attached hydrogen (secondary N) is 1. The van der Waals surface area contributed by atoms with Gasteiger partial charge in [-0.2, -0.15) is 0 Å². The van der Waals surface area contributed by atoms with Crippen LogP contribution in [0.3, 0.4) is 0 Å². The Bertz CT molecular complexity index is 1170. The third kappa shape index (κ3) is 7.14. The number of hydrogen-bond acceptors (Lipinski definition) is 5. The topological polar surface area (TPSA) is 97.3 Å². The molecule has 1 fully saturated rings. The van der Waals surface area contributed by atoms with E-state index in [9.17, 15) is 23.5 Å². The number of carboxylic acids is 1. The van der Waals surface area contributed by atoms with Gasteiger partial charge < -0.3 is 29.5 Å². The number of amides is 2. The summed E-state index contributed by atoms with van der Waals surface area (Å²) in [5.74, 6) is -3.68. The summed E-state index contributed by atoms with van der Waals surface area (Å²) in [4.78, 5) is 26.8. The number of ether oxygens (including phenoxy) is 3. The Kier molecular flexibility index (Phi) is 10.6. The van der Waals surface area contributed by atoms with Crippen molar-refractivity contribution in [2.24, 2.45) is 0 Å². The fourth-order valence-electron chi connectivity index (χ4n) is 4.85. The zero-order valence-corrected chi connectivity index (χ0v) is 24.0. The molecule has 1 aliphatic carbocycles. The first kappa shape index (κ1) is 31.4. The number of urea groups is 1. The van der Waals surface area contributed by atoms with Crippen LogP contribution in [0.5, 0.6) is 11.5 Å². The Hall–Kier alpha value is -3.11. The Morgan fingerprint density at radius 1 is 1.12 bits per heavy atom. The Morgan fingerprint density at radius 2 is 1.77 bits per heavy atom. The Morgan fingerprint density at radius 3 is 2.33 bits per heavy atom. The number of carbonyl (C=O) groups is 2. The highest BCUT2D eigenvalue weighted by molar-refractivity contribution is 6.33. The summed E-state index contributed by atoms with van der Waals surface area (Å²) in [5.41, 5.74) is 0.168. The van der Waals surface area contributed by atoms with E-state index in [-0.39, 0.29) is 13.2 Å². The minimum Gasteiger partial charge on any atom is -0.493 e. The summed E-state index contributed by atoms with van der Waals surface area (Å²) < 4.78 is 45.0. The predicted molar refractivity (Wildman–Crippen MR) is 147 cm³/mol. The molecule has 40 heavy (non-hydrogen) atoms. The van der Waals surface area contributed by atoms with Gasteiger partial charge in [0.2, 0.25) is 0 Å². The van der Waals surface area contributed by atoms with Crippen LogP contribution >= 0.6 is 11.6 Å². The highest BCUT2D eigenvalue weighted by atomic mass is 35.5. The van der Waals surface area contributed by atoms with E-state index >= 15 is 0 Å². The summed E-state index contributed by atoms with van der Waals surface area (Å²) in [7, 11) is 0. The number of carbonyl (C=O) groups excluding carboxylic acids is 1. The molecule has 2 amide bonds. The van der Waals surface area contributed by atoms with Crippen LogP contribution in [0.25, 0.3) is 0 Å². The molecule has 0 heterocycles. The van der Waals surface area contributed by atoms with E-state index in [1.165, 1.54) is 4.90 Å². The van der Waals surface area contributed by atoms with Crippen molar-refractivity contribution in [1.82, 2.24) is 10.2 Å². The van der Waals surface area contributed by atoms with Crippen LogP contribution < -0.4 is 14.8 Å². The summed E-state index contributed by atoms with van der Waals surface area (Å²) in [6.07, 6.45) is -1.38. The molecule has 0 radical (unpaired) electrons. The average Bonchev–Trinajstić information content (AvgIpc) is 2.89. The number of benzene rings is 2. The largest absolute Gasteiger partial charge is 0.493 e. The van der Waals surface area contributed by atoms with Gasteiger partial charge in [-0.05, 0) is 38.8 Å². The highest BCUT2D eigenvalue weighted by Gasteiger charge is 2.62. The van der Waals surface area contributed by atoms with Crippen LogP contribution in [0.1, 0.15) is 63.3 Å². The molecule has 2 aromatic carbocycles. The molecular weight excluding hydrogens is 546 g/mol. The van der Waals surface area contributed by atoms with Crippen LogP contribution in [-0.2, 0) is 22.6 Å². The second-order valence-electron chi connectivity index (χ2n) is 9.74. The molecule has 0 bridgehead atoms. The summed E-state index contributed by atoms with van der Waals surface area (Å²) in [6, 6.07) is 9.67. The minimum absolute atomic E-state index is 0.0335. The molecule has 2 aromatic rings. The number of aliphatic carboxylic acids is 1. The monoisotopic (exact) mass is 582 g/mol. The first-order chi connectivity index (χ1) is 19.0. The van der Waals surface area contributed by atoms with E-state index in [1.807, 2.05) is 51.1 Å². The number of nitrogens with zero attached hydrogens (tertiary/aromatic N) is 1. The summed E-state index contributed by atoms with van der Waals surface area (Å²) in [5, 5.41) is 12.3. The second kappa shape index (κ2) is 13.5. The molecule has 3 rings (SSSR count). The van der Waals surface area contributed by atoms with Crippen LogP contribution in [-0.4, -0.2) is 59.8 Å². The summed E-state index contributed by atoms with van der Waals surface area (Å²) >= 11 is 6.82. The maximum Gasteiger partial charge on any atom is 0.329 e. The van der Waals surface area contributed by atoms with E-state index in [4.69, 9.17) is 25.8 Å². The van der Waals surface area contributed by atoms with Gasteiger partial charge in [-0.3, -0.25) is 0 Å². The predicted octanol–water partition coefficient (Wildman–Crippen LogP) is 6.24. The number of alkyl halides is 2. The quantitative estimate of drug-likeness (QED) is 0.256. The number of rotatable bonds is 14. The second-order valence-corrected chi connectivity index (χ2v) is 10.1. The molecule has 0 unspecified atom stereocenters. The van der Waals surface area contributed by atoms with Gasteiger partial charge in [-0.25, -0.2) is 18.4 Å². The van der Waals surface area contributed by atoms with Crippen molar-refractivity contribution < 1.29 is 37.7 Å². The molecular formula is C29H37ClF2N2O6. The molecule has 1 aliphatic rings. The zero-order chi connectivity index (χ0) is 29.5. The molecule has 2 N–H and O–H groups in total. The van der Waals surface area contributed by atoms with Gasteiger partial charge in [0.1, 0.15) is 11.5 Å². The molecule has 1 saturated carbocycles. The third-order valence-corrected chi connectivity index (χ3v) is 7.29. The molecule has 11 heteroatoms. The minimum atomic E-state index is -3.17. The smallest absolute Gasteiger partial charge is 0.329 e. The fourth-order valence-corrected chi connectivity index (χ4v) is 5.23. The average molecular weight is 583 g/mol. The zero-order valence-electron chi connectivity index (χ0n) is 23.3. The molecule has 0 saturated heterocycles. The first-order valence-electron chi connectivity index (χ1n) is 13.4. The van der Waals surface area contributed by atoms with Gasteiger partial charge >= 0.3 is 12.0 Å². The maximum absolute atomic E-state index is 13.7. The van der Waals surface area contributed by atoms with Gasteiger partial charge in [0.15, 0.2) is 5.54 Å². The van der Waals surface area contributed by atoms with E-state index in [0.717, 1.165) is 11.1 Å². The van der Waals surface area contributed by atoms with Crippen molar-refractivity contribution in [3.8, 4) is 11.5 Å². The maximum atomic E-state index is 13.7. The standard InChI is InChI=1S/C29H37ClF2N2O6/c1-5-21-23(39-6-2)15-22(24(30)25(21)40-7-3)19(4)34(13-14-38-16-20-11-9-8-10-12-20)27(37)33-28(26(35)36)17-29(31,32)18-28/h8-12,15,19H,5-7,13-14,16-18H2,1-4H3,(H,33,37)(H,35,36)/t19-/m1/s1. The van der Waals surface area contributed by atoms with Crippen LogP contribution in [0.15, 0.2) is 36.4 Å². The van der Waals surface area contributed by atoms with Gasteiger partial charge in [0, 0.05) is 30.5 Å². The third-order valence-electron chi connectivity index (χ3n) is 6.90. The normalized spacial score (nSPS) is 16.0.